The Balaban J connectivity index is 3.01. The number of aliphatic hydroxyl groups excluding tert-OH is 1. The van der Waals surface area contributed by atoms with Gasteiger partial charge in [0.05, 0.1) is 7.11 Å². The molecule has 0 aliphatic heterocycles. The molecule has 1 aromatic rings. The Morgan fingerprint density at radius 3 is 2.64 bits per heavy atom. The van der Waals surface area contributed by atoms with Gasteiger partial charge in [-0.05, 0) is 31.4 Å². The summed E-state index contributed by atoms with van der Waals surface area (Å²) >= 11 is 0. The predicted molar refractivity (Wildman–Crippen MR) is 54.8 cm³/mol. The summed E-state index contributed by atoms with van der Waals surface area (Å²) in [6.45, 7) is 1.97. The van der Waals surface area contributed by atoms with E-state index in [0.717, 1.165) is 11.1 Å². The van der Waals surface area contributed by atoms with Crippen LogP contribution in [0.2, 0.25) is 0 Å². The van der Waals surface area contributed by atoms with Crippen molar-refractivity contribution in [3.05, 3.63) is 23.3 Å². The third-order valence-corrected chi connectivity index (χ3v) is 2.25. The summed E-state index contributed by atoms with van der Waals surface area (Å²) in [5.74, 6) is 0.958. The topological polar surface area (TPSA) is 49.7 Å². The van der Waals surface area contributed by atoms with Crippen LogP contribution in [0.1, 0.15) is 17.5 Å². The molecule has 1 rings (SSSR count). The molecule has 14 heavy (non-hydrogen) atoms. The van der Waals surface area contributed by atoms with Crippen LogP contribution in [0.15, 0.2) is 12.1 Å². The molecule has 0 aliphatic rings. The number of rotatable bonds is 4. The molecule has 0 aliphatic carbocycles. The van der Waals surface area contributed by atoms with Gasteiger partial charge in [0.15, 0.2) is 0 Å². The highest BCUT2D eigenvalue weighted by molar-refractivity contribution is 5.48. The monoisotopic (exact) mass is 196 g/mol. The fourth-order valence-electron chi connectivity index (χ4n) is 1.42. The van der Waals surface area contributed by atoms with Crippen LogP contribution in [0.3, 0.4) is 0 Å². The van der Waals surface area contributed by atoms with Crippen LogP contribution in [-0.2, 0) is 6.42 Å². The van der Waals surface area contributed by atoms with E-state index in [4.69, 9.17) is 9.84 Å². The molecule has 0 bridgehead atoms. The highest BCUT2D eigenvalue weighted by atomic mass is 16.5. The quantitative estimate of drug-likeness (QED) is 0.769. The third-order valence-electron chi connectivity index (χ3n) is 2.25. The van der Waals surface area contributed by atoms with Crippen LogP contribution in [0.25, 0.3) is 0 Å². The van der Waals surface area contributed by atoms with E-state index in [1.165, 1.54) is 0 Å². The smallest absolute Gasteiger partial charge is 0.125 e. The van der Waals surface area contributed by atoms with Crippen molar-refractivity contribution in [3.8, 4) is 11.5 Å². The maximum absolute atomic E-state index is 9.77. The van der Waals surface area contributed by atoms with Gasteiger partial charge in [-0.1, -0.05) is 6.07 Å². The van der Waals surface area contributed by atoms with Crippen LogP contribution < -0.4 is 4.74 Å². The average molecular weight is 196 g/mol. The van der Waals surface area contributed by atoms with Crippen molar-refractivity contribution in [2.75, 3.05) is 13.7 Å². The van der Waals surface area contributed by atoms with Crippen molar-refractivity contribution in [3.63, 3.8) is 0 Å². The van der Waals surface area contributed by atoms with Gasteiger partial charge in [-0.25, -0.2) is 0 Å². The normalized spacial score (nSPS) is 10.2. The van der Waals surface area contributed by atoms with Crippen LogP contribution in [0, 0.1) is 6.92 Å². The fraction of sp³-hybridized carbons (Fsp3) is 0.455. The first kappa shape index (κ1) is 10.9. The molecule has 0 aromatic heterocycles. The molecular formula is C11H16O3. The fourth-order valence-corrected chi connectivity index (χ4v) is 1.42. The molecule has 0 fully saturated rings. The second-order valence-electron chi connectivity index (χ2n) is 3.24. The van der Waals surface area contributed by atoms with Crippen LogP contribution in [-0.4, -0.2) is 23.9 Å². The molecule has 0 radical (unpaired) electrons. The van der Waals surface area contributed by atoms with Gasteiger partial charge in [-0.3, -0.25) is 0 Å². The minimum atomic E-state index is 0.122. The Hall–Kier alpha value is -1.22. The second kappa shape index (κ2) is 4.86. The number of phenolic OH excluding ortho intramolecular Hbond substituents is 1. The van der Waals surface area contributed by atoms with Gasteiger partial charge < -0.3 is 14.9 Å². The Kier molecular flexibility index (Phi) is 3.77. The van der Waals surface area contributed by atoms with Gasteiger partial charge in [-0.2, -0.15) is 0 Å². The Morgan fingerprint density at radius 2 is 2.07 bits per heavy atom. The van der Waals surface area contributed by atoms with Gasteiger partial charge in [0.1, 0.15) is 11.5 Å². The Labute approximate surface area is 84.0 Å². The van der Waals surface area contributed by atoms with Gasteiger partial charge in [0.25, 0.3) is 0 Å². The number of hydrogen-bond donors (Lipinski definition) is 2. The molecule has 0 amide bonds. The molecule has 0 atom stereocenters. The van der Waals surface area contributed by atoms with E-state index >= 15 is 0 Å². The molecule has 0 saturated heterocycles. The first-order chi connectivity index (χ1) is 6.70. The van der Waals surface area contributed by atoms with E-state index < -0.39 is 0 Å². The number of phenols is 1. The molecule has 2 N–H and O–H groups in total. The maximum Gasteiger partial charge on any atom is 0.125 e. The SMILES string of the molecule is COc1ccc(C)c(O)c1CCCO. The lowest BCUT2D eigenvalue weighted by molar-refractivity contribution is 0.287. The first-order valence-corrected chi connectivity index (χ1v) is 4.67. The summed E-state index contributed by atoms with van der Waals surface area (Å²) in [4.78, 5) is 0. The molecule has 0 saturated carbocycles. The van der Waals surface area contributed by atoms with Gasteiger partial charge in [-0.15, -0.1) is 0 Å². The highest BCUT2D eigenvalue weighted by Gasteiger charge is 2.10. The molecule has 3 heteroatoms. The molecule has 0 spiro atoms. The van der Waals surface area contributed by atoms with E-state index in [1.54, 1.807) is 7.11 Å². The minimum absolute atomic E-state index is 0.122. The van der Waals surface area contributed by atoms with Crippen molar-refractivity contribution in [1.82, 2.24) is 0 Å². The first-order valence-electron chi connectivity index (χ1n) is 4.67. The number of aliphatic hydroxyl groups is 1. The number of hydrogen-bond acceptors (Lipinski definition) is 3. The number of benzene rings is 1. The highest BCUT2D eigenvalue weighted by Crippen LogP contribution is 2.31. The lowest BCUT2D eigenvalue weighted by atomic mass is 10.0. The summed E-state index contributed by atoms with van der Waals surface area (Å²) in [5, 5.41) is 18.5. The standard InChI is InChI=1S/C11H16O3/c1-8-5-6-10(14-2)9(11(8)13)4-3-7-12/h5-6,12-13H,3-4,7H2,1-2H3. The molecule has 0 unspecified atom stereocenters. The molecule has 78 valence electrons. The van der Waals surface area contributed by atoms with Crippen molar-refractivity contribution < 1.29 is 14.9 Å². The van der Waals surface area contributed by atoms with Crippen molar-refractivity contribution in [2.24, 2.45) is 0 Å². The molecule has 3 nitrogen and oxygen atoms in total. The lowest BCUT2D eigenvalue weighted by Crippen LogP contribution is -1.96. The predicted octanol–water partition coefficient (Wildman–Crippen LogP) is 1.63. The number of methoxy groups -OCH3 is 1. The second-order valence-corrected chi connectivity index (χ2v) is 3.24. The lowest BCUT2D eigenvalue weighted by Gasteiger charge is -2.11. The largest absolute Gasteiger partial charge is 0.507 e. The summed E-state index contributed by atoms with van der Waals surface area (Å²) < 4.78 is 5.14. The van der Waals surface area contributed by atoms with Crippen LogP contribution in [0.5, 0.6) is 11.5 Å². The van der Waals surface area contributed by atoms with Crippen molar-refractivity contribution in [1.29, 1.82) is 0 Å². The van der Waals surface area contributed by atoms with Crippen LogP contribution >= 0.6 is 0 Å². The molecule has 0 heterocycles. The zero-order valence-corrected chi connectivity index (χ0v) is 8.58. The van der Waals surface area contributed by atoms with Crippen LogP contribution in [0.4, 0.5) is 0 Å². The minimum Gasteiger partial charge on any atom is -0.507 e. The molecular weight excluding hydrogens is 180 g/mol. The van der Waals surface area contributed by atoms with E-state index in [0.29, 0.717) is 18.6 Å². The van der Waals surface area contributed by atoms with Crippen molar-refractivity contribution in [2.45, 2.75) is 19.8 Å². The number of ether oxygens (including phenoxy) is 1. The average Bonchev–Trinajstić information content (AvgIpc) is 2.20. The zero-order chi connectivity index (χ0) is 10.6. The van der Waals surface area contributed by atoms with E-state index in [2.05, 4.69) is 0 Å². The summed E-state index contributed by atoms with van der Waals surface area (Å²) in [6.07, 6.45) is 1.26. The number of aromatic hydroxyl groups is 1. The van der Waals surface area contributed by atoms with Gasteiger partial charge in [0, 0.05) is 12.2 Å². The Morgan fingerprint density at radius 1 is 1.36 bits per heavy atom. The molecule has 1 aromatic carbocycles. The zero-order valence-electron chi connectivity index (χ0n) is 8.58. The van der Waals surface area contributed by atoms with Gasteiger partial charge >= 0.3 is 0 Å². The third kappa shape index (κ3) is 2.17. The van der Waals surface area contributed by atoms with Gasteiger partial charge in [0.2, 0.25) is 0 Å². The van der Waals surface area contributed by atoms with Crippen molar-refractivity contribution >= 4 is 0 Å². The number of aryl methyl sites for hydroxylation is 1. The van der Waals surface area contributed by atoms with E-state index in [-0.39, 0.29) is 12.4 Å². The summed E-state index contributed by atoms with van der Waals surface area (Å²) in [5.41, 5.74) is 1.61. The summed E-state index contributed by atoms with van der Waals surface area (Å²) in [6, 6.07) is 3.65. The maximum atomic E-state index is 9.77. The Bertz CT molecular complexity index is 308. The van der Waals surface area contributed by atoms with E-state index in [1.807, 2.05) is 19.1 Å². The summed E-state index contributed by atoms with van der Waals surface area (Å²) in [7, 11) is 1.58. The van der Waals surface area contributed by atoms with E-state index in [9.17, 15) is 5.11 Å².